The summed E-state index contributed by atoms with van der Waals surface area (Å²) < 4.78 is 27.6. The molecule has 0 saturated carbocycles. The SMILES string of the molecule is O=S(=O)(c1cc(Cl)ccc1Cl)N1CCc2cc(-c3ccncc3)ccc21. The van der Waals surface area contributed by atoms with Crippen LogP contribution in [0, 0.1) is 0 Å². The van der Waals surface area contributed by atoms with Crippen molar-refractivity contribution >= 4 is 38.9 Å². The van der Waals surface area contributed by atoms with Crippen LogP contribution in [0.1, 0.15) is 5.56 Å². The number of benzene rings is 2. The number of anilines is 1. The van der Waals surface area contributed by atoms with Crippen LogP contribution in [0.2, 0.25) is 10.0 Å². The van der Waals surface area contributed by atoms with Crippen LogP contribution in [0.5, 0.6) is 0 Å². The van der Waals surface area contributed by atoms with Crippen molar-refractivity contribution in [2.24, 2.45) is 0 Å². The summed E-state index contributed by atoms with van der Waals surface area (Å²) in [5.41, 5.74) is 3.74. The second-order valence-corrected chi connectivity index (χ2v) is 8.66. The molecule has 0 atom stereocenters. The third kappa shape index (κ3) is 2.96. The molecule has 0 saturated heterocycles. The van der Waals surface area contributed by atoms with Gasteiger partial charge in [0.15, 0.2) is 0 Å². The van der Waals surface area contributed by atoms with Crippen LogP contribution in [0.25, 0.3) is 11.1 Å². The van der Waals surface area contributed by atoms with Gasteiger partial charge in [-0.3, -0.25) is 9.29 Å². The Hall–Kier alpha value is -2.08. The minimum atomic E-state index is -3.78. The minimum absolute atomic E-state index is 0.0257. The number of aromatic nitrogens is 1. The maximum Gasteiger partial charge on any atom is 0.265 e. The number of halogens is 2. The first kappa shape index (κ1) is 17.3. The van der Waals surface area contributed by atoms with Gasteiger partial charge in [-0.2, -0.15) is 0 Å². The van der Waals surface area contributed by atoms with Gasteiger partial charge in [-0.25, -0.2) is 8.42 Å². The van der Waals surface area contributed by atoms with E-state index in [1.807, 2.05) is 30.3 Å². The van der Waals surface area contributed by atoms with Crippen molar-refractivity contribution in [2.45, 2.75) is 11.3 Å². The first-order valence-electron chi connectivity index (χ1n) is 7.98. The van der Waals surface area contributed by atoms with E-state index in [9.17, 15) is 8.42 Å². The van der Waals surface area contributed by atoms with E-state index in [1.165, 1.54) is 16.4 Å². The second kappa shape index (κ2) is 6.58. The normalized spacial score (nSPS) is 13.7. The summed E-state index contributed by atoms with van der Waals surface area (Å²) in [6, 6.07) is 14.1. The molecule has 1 aliphatic rings. The molecule has 0 radical (unpaired) electrons. The molecular formula is C19H14Cl2N2O2S. The predicted octanol–water partition coefficient (Wildman–Crippen LogP) is 4.81. The summed E-state index contributed by atoms with van der Waals surface area (Å²) in [5, 5.41) is 0.497. The van der Waals surface area contributed by atoms with Crippen molar-refractivity contribution in [3.05, 3.63) is 76.5 Å². The fraction of sp³-hybridized carbons (Fsp3) is 0.105. The molecule has 132 valence electrons. The van der Waals surface area contributed by atoms with Gasteiger partial charge in [0, 0.05) is 24.0 Å². The van der Waals surface area contributed by atoms with Crippen molar-refractivity contribution in [1.82, 2.24) is 4.98 Å². The van der Waals surface area contributed by atoms with Gasteiger partial charge in [0.2, 0.25) is 0 Å². The van der Waals surface area contributed by atoms with Crippen molar-refractivity contribution in [1.29, 1.82) is 0 Å². The highest BCUT2D eigenvalue weighted by molar-refractivity contribution is 7.93. The molecule has 0 amide bonds. The topological polar surface area (TPSA) is 50.3 Å². The van der Waals surface area contributed by atoms with Crippen molar-refractivity contribution in [3.63, 3.8) is 0 Å². The van der Waals surface area contributed by atoms with Crippen molar-refractivity contribution in [3.8, 4) is 11.1 Å². The third-order valence-electron chi connectivity index (χ3n) is 4.41. The van der Waals surface area contributed by atoms with Gasteiger partial charge >= 0.3 is 0 Å². The van der Waals surface area contributed by atoms with Gasteiger partial charge in [-0.15, -0.1) is 0 Å². The molecule has 2 aromatic carbocycles. The summed E-state index contributed by atoms with van der Waals surface area (Å²) >= 11 is 12.1. The van der Waals surface area contributed by atoms with Gasteiger partial charge < -0.3 is 0 Å². The lowest BCUT2D eigenvalue weighted by molar-refractivity contribution is 0.592. The Morgan fingerprint density at radius 2 is 1.69 bits per heavy atom. The Balaban J connectivity index is 1.75. The molecule has 1 aliphatic heterocycles. The monoisotopic (exact) mass is 404 g/mol. The van der Waals surface area contributed by atoms with Crippen LogP contribution in [0.3, 0.4) is 0 Å². The lowest BCUT2D eigenvalue weighted by Crippen LogP contribution is -2.29. The van der Waals surface area contributed by atoms with E-state index < -0.39 is 10.0 Å². The van der Waals surface area contributed by atoms with E-state index in [4.69, 9.17) is 23.2 Å². The fourth-order valence-corrected chi connectivity index (χ4v) is 5.38. The van der Waals surface area contributed by atoms with E-state index >= 15 is 0 Å². The molecule has 0 spiro atoms. The van der Waals surface area contributed by atoms with E-state index in [0.29, 0.717) is 23.7 Å². The molecule has 1 aromatic heterocycles. The zero-order chi connectivity index (χ0) is 18.3. The molecule has 0 aliphatic carbocycles. The molecule has 3 aromatic rings. The first-order chi connectivity index (χ1) is 12.5. The average Bonchev–Trinajstić information content (AvgIpc) is 3.08. The molecule has 26 heavy (non-hydrogen) atoms. The standard InChI is InChI=1S/C19H14Cl2N2O2S/c20-16-2-3-17(21)19(12-16)26(24,25)23-10-7-15-11-14(1-4-18(15)23)13-5-8-22-9-6-13/h1-6,8-9,11-12H,7,10H2. The van der Waals surface area contributed by atoms with Crippen LogP contribution in [0.4, 0.5) is 5.69 Å². The number of pyridine rings is 1. The molecule has 7 heteroatoms. The number of rotatable bonds is 3. The zero-order valence-electron chi connectivity index (χ0n) is 13.6. The second-order valence-electron chi connectivity index (χ2n) is 5.98. The van der Waals surface area contributed by atoms with Crippen LogP contribution < -0.4 is 4.31 Å². The summed E-state index contributed by atoms with van der Waals surface area (Å²) in [7, 11) is -3.78. The lowest BCUT2D eigenvalue weighted by atomic mass is 10.0. The van der Waals surface area contributed by atoms with Crippen LogP contribution in [0.15, 0.2) is 65.8 Å². The van der Waals surface area contributed by atoms with E-state index in [-0.39, 0.29) is 9.92 Å². The number of sulfonamides is 1. The molecule has 0 unspecified atom stereocenters. The zero-order valence-corrected chi connectivity index (χ0v) is 15.9. The maximum atomic E-state index is 13.1. The number of fused-ring (bicyclic) bond motifs is 1. The van der Waals surface area contributed by atoms with E-state index in [2.05, 4.69) is 4.98 Å². The van der Waals surface area contributed by atoms with Gasteiger partial charge in [0.1, 0.15) is 4.90 Å². The summed E-state index contributed by atoms with van der Waals surface area (Å²) in [5.74, 6) is 0. The van der Waals surface area contributed by atoms with Crippen LogP contribution >= 0.6 is 23.2 Å². The summed E-state index contributed by atoms with van der Waals surface area (Å²) in [6.07, 6.45) is 4.12. The predicted molar refractivity (Wildman–Crippen MR) is 104 cm³/mol. The quantitative estimate of drug-likeness (QED) is 0.629. The third-order valence-corrected chi connectivity index (χ3v) is 6.94. The van der Waals surface area contributed by atoms with E-state index in [1.54, 1.807) is 18.5 Å². The molecule has 4 nitrogen and oxygen atoms in total. The summed E-state index contributed by atoms with van der Waals surface area (Å²) in [4.78, 5) is 4.05. The summed E-state index contributed by atoms with van der Waals surface area (Å²) in [6.45, 7) is 0.375. The molecule has 2 heterocycles. The Kier molecular flexibility index (Phi) is 4.39. The Morgan fingerprint density at radius 1 is 0.923 bits per heavy atom. The van der Waals surface area contributed by atoms with Crippen molar-refractivity contribution < 1.29 is 8.42 Å². The van der Waals surface area contributed by atoms with Gasteiger partial charge in [0.25, 0.3) is 10.0 Å². The smallest absolute Gasteiger partial charge is 0.265 e. The first-order valence-corrected chi connectivity index (χ1v) is 10.2. The highest BCUT2D eigenvalue weighted by atomic mass is 35.5. The van der Waals surface area contributed by atoms with Gasteiger partial charge in [-0.05, 0) is 65.6 Å². The van der Waals surface area contributed by atoms with Crippen LogP contribution in [-0.2, 0) is 16.4 Å². The number of nitrogens with zero attached hydrogens (tertiary/aromatic N) is 2. The van der Waals surface area contributed by atoms with E-state index in [0.717, 1.165) is 16.7 Å². The highest BCUT2D eigenvalue weighted by Gasteiger charge is 2.32. The Morgan fingerprint density at radius 3 is 2.46 bits per heavy atom. The maximum absolute atomic E-state index is 13.1. The molecule has 4 rings (SSSR count). The minimum Gasteiger partial charge on any atom is -0.266 e. The molecule has 0 N–H and O–H groups in total. The fourth-order valence-electron chi connectivity index (χ4n) is 3.14. The molecule has 0 bridgehead atoms. The number of hydrogen-bond donors (Lipinski definition) is 0. The molecule has 0 fully saturated rings. The number of hydrogen-bond acceptors (Lipinski definition) is 3. The largest absolute Gasteiger partial charge is 0.266 e. The Bertz CT molecular complexity index is 1090. The van der Waals surface area contributed by atoms with Crippen molar-refractivity contribution in [2.75, 3.05) is 10.8 Å². The Labute approximate surface area is 162 Å². The van der Waals surface area contributed by atoms with Gasteiger partial charge in [-0.1, -0.05) is 29.3 Å². The highest BCUT2D eigenvalue weighted by Crippen LogP contribution is 2.37. The lowest BCUT2D eigenvalue weighted by Gasteiger charge is -2.20. The average molecular weight is 405 g/mol. The molecular weight excluding hydrogens is 391 g/mol. The van der Waals surface area contributed by atoms with Gasteiger partial charge in [0.05, 0.1) is 10.7 Å². The van der Waals surface area contributed by atoms with Crippen LogP contribution in [-0.4, -0.2) is 19.9 Å².